The molecule has 0 aliphatic rings. The zero-order valence-corrected chi connectivity index (χ0v) is 65.2. The lowest BCUT2D eigenvalue weighted by atomic mass is 9.99. The number of carbonyl (C=O) groups excluding carboxylic acids is 4. The lowest BCUT2D eigenvalue weighted by molar-refractivity contribution is -0.161. The Morgan fingerprint density at radius 1 is 0.299 bits per heavy atom. The number of hydrogen-bond acceptors (Lipinski definition) is 15. The minimum Gasteiger partial charge on any atom is -0.462 e. The fraction of sp³-hybridized carbons (Fsp3) is 0.949. The molecule has 0 amide bonds. The van der Waals surface area contributed by atoms with E-state index >= 15 is 0 Å². The van der Waals surface area contributed by atoms with E-state index in [9.17, 15) is 43.2 Å². The quantitative estimate of drug-likeness (QED) is 0.0222. The molecule has 0 saturated carbocycles. The summed E-state index contributed by atoms with van der Waals surface area (Å²) in [5.41, 5.74) is 0. The van der Waals surface area contributed by atoms with Crippen molar-refractivity contribution < 1.29 is 80.2 Å². The van der Waals surface area contributed by atoms with Gasteiger partial charge in [-0.3, -0.25) is 37.3 Å². The smallest absolute Gasteiger partial charge is 0.462 e. The van der Waals surface area contributed by atoms with Gasteiger partial charge in [0.05, 0.1) is 26.4 Å². The molecule has 3 unspecified atom stereocenters. The standard InChI is InChI=1S/C78H152O17P2/c1-7-10-12-14-16-18-20-28-33-36-42-48-54-60-75(80)88-66-73(94-78(83)63-57-51-44-38-34-30-27-25-23-22-24-26-29-31-35-41-47-53-59-71(6)9-3)68-92-96(84,85)90-64-72(79)65-91-97(86,87)93-69-74(67-89-76(81)61-55-49-45-39-40-46-52-58-70(4)5)95-77(82)62-56-50-43-37-32-21-19-17-15-13-11-8-2/h70-74,79H,7-69H2,1-6H3,(H,84,85)(H,86,87)/t71?,72-,73-,74-/m1/s1. The van der Waals surface area contributed by atoms with Crippen molar-refractivity contribution in [2.45, 2.75) is 426 Å². The first kappa shape index (κ1) is 95.1. The predicted molar refractivity (Wildman–Crippen MR) is 395 cm³/mol. The van der Waals surface area contributed by atoms with Crippen molar-refractivity contribution in [2.24, 2.45) is 11.8 Å². The van der Waals surface area contributed by atoms with E-state index in [1.807, 2.05) is 0 Å². The third kappa shape index (κ3) is 70.9. The molecule has 0 aromatic heterocycles. The van der Waals surface area contributed by atoms with Crippen LogP contribution in [0.2, 0.25) is 0 Å². The van der Waals surface area contributed by atoms with E-state index in [4.69, 9.17) is 37.0 Å². The Hall–Kier alpha value is -1.94. The van der Waals surface area contributed by atoms with Crippen molar-refractivity contribution in [3.63, 3.8) is 0 Å². The van der Waals surface area contributed by atoms with Crippen LogP contribution in [-0.4, -0.2) is 96.7 Å². The van der Waals surface area contributed by atoms with E-state index < -0.39 is 97.5 Å². The highest BCUT2D eigenvalue weighted by molar-refractivity contribution is 7.47. The first-order valence-electron chi connectivity index (χ1n) is 40.5. The number of esters is 4. The molecule has 0 aromatic carbocycles. The van der Waals surface area contributed by atoms with Crippen LogP contribution in [0.25, 0.3) is 0 Å². The second-order valence-corrected chi connectivity index (χ2v) is 31.7. The third-order valence-corrected chi connectivity index (χ3v) is 20.5. The Morgan fingerprint density at radius 3 is 0.784 bits per heavy atom. The van der Waals surface area contributed by atoms with Crippen molar-refractivity contribution in [3.8, 4) is 0 Å². The average Bonchev–Trinajstić information content (AvgIpc) is 1.48. The highest BCUT2D eigenvalue weighted by Crippen LogP contribution is 2.45. The van der Waals surface area contributed by atoms with Crippen LogP contribution in [-0.2, 0) is 65.4 Å². The molecule has 0 aromatic rings. The number of carbonyl (C=O) groups is 4. The first-order chi connectivity index (χ1) is 46.9. The fourth-order valence-electron chi connectivity index (χ4n) is 12.0. The number of phosphoric ester groups is 2. The first-order valence-corrected chi connectivity index (χ1v) is 43.5. The summed E-state index contributed by atoms with van der Waals surface area (Å²) in [5.74, 6) is -0.536. The van der Waals surface area contributed by atoms with Crippen LogP contribution in [0.15, 0.2) is 0 Å². The van der Waals surface area contributed by atoms with Gasteiger partial charge in [0.25, 0.3) is 0 Å². The lowest BCUT2D eigenvalue weighted by Gasteiger charge is -2.21. The van der Waals surface area contributed by atoms with Crippen molar-refractivity contribution in [2.75, 3.05) is 39.6 Å². The molecule has 0 heterocycles. The Kier molecular flexibility index (Phi) is 68.4. The molecular formula is C78H152O17P2. The van der Waals surface area contributed by atoms with Gasteiger partial charge in [-0.1, -0.05) is 356 Å². The van der Waals surface area contributed by atoms with Crippen molar-refractivity contribution in [3.05, 3.63) is 0 Å². The van der Waals surface area contributed by atoms with Crippen molar-refractivity contribution in [1.82, 2.24) is 0 Å². The summed E-state index contributed by atoms with van der Waals surface area (Å²) < 4.78 is 68.5. The summed E-state index contributed by atoms with van der Waals surface area (Å²) in [7, 11) is -9.91. The van der Waals surface area contributed by atoms with E-state index in [0.717, 1.165) is 102 Å². The molecule has 576 valence electrons. The number of aliphatic hydroxyl groups excluding tert-OH is 1. The van der Waals surface area contributed by atoms with Crippen LogP contribution in [0, 0.1) is 11.8 Å². The largest absolute Gasteiger partial charge is 0.472 e. The maximum atomic E-state index is 13.1. The van der Waals surface area contributed by atoms with Gasteiger partial charge in [0, 0.05) is 25.7 Å². The number of ether oxygens (including phenoxy) is 4. The molecule has 19 heteroatoms. The van der Waals surface area contributed by atoms with Crippen molar-refractivity contribution in [1.29, 1.82) is 0 Å². The van der Waals surface area contributed by atoms with Gasteiger partial charge in [0.1, 0.15) is 19.3 Å². The second-order valence-electron chi connectivity index (χ2n) is 28.8. The maximum Gasteiger partial charge on any atom is 0.472 e. The SMILES string of the molecule is CCCCCCCCCCCCCCCC(=O)OC[C@H](COP(=O)(O)OC[C@@H](O)COP(=O)(O)OC[C@@H](COC(=O)CCCCCCCCCC(C)C)OC(=O)CCCCCCCCCCCCCC)OC(=O)CCCCCCCCCCCCCCCCCCCCC(C)CC. The maximum absolute atomic E-state index is 13.1. The number of hydrogen-bond donors (Lipinski definition) is 3. The third-order valence-electron chi connectivity index (χ3n) is 18.6. The normalized spacial score (nSPS) is 14.2. The summed E-state index contributed by atoms with van der Waals surface area (Å²) in [6, 6.07) is 0. The van der Waals surface area contributed by atoms with E-state index in [1.54, 1.807) is 0 Å². The van der Waals surface area contributed by atoms with E-state index in [-0.39, 0.29) is 25.7 Å². The van der Waals surface area contributed by atoms with Gasteiger partial charge in [-0.25, -0.2) is 9.13 Å². The van der Waals surface area contributed by atoms with E-state index in [0.29, 0.717) is 31.6 Å². The molecule has 0 rings (SSSR count). The summed E-state index contributed by atoms with van der Waals surface area (Å²) in [6.45, 7) is 9.62. The van der Waals surface area contributed by atoms with Crippen LogP contribution < -0.4 is 0 Å². The van der Waals surface area contributed by atoms with Gasteiger partial charge in [0.2, 0.25) is 0 Å². The summed E-state index contributed by atoms with van der Waals surface area (Å²) in [5, 5.41) is 10.6. The van der Waals surface area contributed by atoms with Crippen molar-refractivity contribution >= 4 is 39.5 Å². The van der Waals surface area contributed by atoms with Gasteiger partial charge < -0.3 is 33.8 Å². The van der Waals surface area contributed by atoms with Crippen LogP contribution in [0.1, 0.15) is 408 Å². The monoisotopic (exact) mass is 1420 g/mol. The van der Waals surface area contributed by atoms with E-state index in [1.165, 1.54) is 218 Å². The summed E-state index contributed by atoms with van der Waals surface area (Å²) >= 11 is 0. The van der Waals surface area contributed by atoms with Crippen LogP contribution in [0.4, 0.5) is 0 Å². The fourth-order valence-corrected chi connectivity index (χ4v) is 13.6. The molecule has 17 nitrogen and oxygen atoms in total. The molecule has 0 aliphatic heterocycles. The Bertz CT molecular complexity index is 1870. The Morgan fingerprint density at radius 2 is 0.526 bits per heavy atom. The number of phosphoric acid groups is 2. The molecule has 0 fully saturated rings. The average molecular weight is 1420 g/mol. The highest BCUT2D eigenvalue weighted by atomic mass is 31.2. The van der Waals surface area contributed by atoms with E-state index in [2.05, 4.69) is 41.5 Å². The number of aliphatic hydroxyl groups is 1. The molecule has 6 atom stereocenters. The topological polar surface area (TPSA) is 237 Å². The Labute approximate surface area is 594 Å². The molecule has 97 heavy (non-hydrogen) atoms. The molecular weight excluding hydrogens is 1270 g/mol. The molecule has 0 bridgehead atoms. The zero-order valence-electron chi connectivity index (χ0n) is 63.4. The molecule has 0 spiro atoms. The second kappa shape index (κ2) is 69.8. The summed E-state index contributed by atoms with van der Waals surface area (Å²) in [6.07, 6.45) is 58.3. The minimum absolute atomic E-state index is 0.107. The lowest BCUT2D eigenvalue weighted by Crippen LogP contribution is -2.30. The molecule has 0 saturated heterocycles. The van der Waals surface area contributed by atoms with Gasteiger partial charge in [-0.15, -0.1) is 0 Å². The highest BCUT2D eigenvalue weighted by Gasteiger charge is 2.30. The van der Waals surface area contributed by atoms with Crippen LogP contribution in [0.5, 0.6) is 0 Å². The van der Waals surface area contributed by atoms with Gasteiger partial charge in [-0.2, -0.15) is 0 Å². The van der Waals surface area contributed by atoms with Gasteiger partial charge in [0.15, 0.2) is 12.2 Å². The number of rotatable bonds is 77. The number of unbranched alkanes of at least 4 members (excludes halogenated alkanes) is 46. The minimum atomic E-state index is -4.96. The molecule has 0 aliphatic carbocycles. The molecule has 0 radical (unpaired) electrons. The van der Waals surface area contributed by atoms with Crippen LogP contribution in [0.3, 0.4) is 0 Å². The Balaban J connectivity index is 5.19. The molecule has 3 N–H and O–H groups in total. The predicted octanol–water partition coefficient (Wildman–Crippen LogP) is 23.1. The summed E-state index contributed by atoms with van der Waals surface area (Å²) in [4.78, 5) is 72.8. The van der Waals surface area contributed by atoms with Gasteiger partial charge >= 0.3 is 39.5 Å². The van der Waals surface area contributed by atoms with Gasteiger partial charge in [-0.05, 0) is 37.5 Å². The zero-order chi connectivity index (χ0) is 71.4. The van der Waals surface area contributed by atoms with Crippen LogP contribution >= 0.6 is 15.6 Å².